The van der Waals surface area contributed by atoms with Crippen LogP contribution < -0.4 is 5.69 Å². The number of aliphatic imine (C=N–C) groups is 1. The number of fused-ring (bicyclic) bond motifs is 5. The Balaban J connectivity index is 2.11. The van der Waals surface area contributed by atoms with Gasteiger partial charge in [-0.2, -0.15) is 0 Å². The van der Waals surface area contributed by atoms with Gasteiger partial charge in [-0.25, -0.2) is 14.8 Å². The van der Waals surface area contributed by atoms with Gasteiger partial charge in [-0.15, -0.1) is 0 Å². The van der Waals surface area contributed by atoms with Gasteiger partial charge in [-0.3, -0.25) is 9.78 Å². The lowest BCUT2D eigenvalue weighted by Gasteiger charge is -2.19. The maximum Gasteiger partial charge on any atom is 0.346 e. The number of aromatic amines is 1. The summed E-state index contributed by atoms with van der Waals surface area (Å²) < 4.78 is 0. The molecule has 2 heterocycles. The van der Waals surface area contributed by atoms with Crippen LogP contribution in [0.5, 0.6) is 0 Å². The predicted molar refractivity (Wildman–Crippen MR) is 65.7 cm³/mol. The highest BCUT2D eigenvalue weighted by Gasteiger charge is 2.54. The quantitative estimate of drug-likeness (QED) is 0.705. The van der Waals surface area contributed by atoms with Crippen molar-refractivity contribution in [2.75, 3.05) is 0 Å². The molecule has 0 radical (unpaired) electrons. The van der Waals surface area contributed by atoms with Crippen LogP contribution in [0.25, 0.3) is 0 Å². The molecule has 2 aliphatic rings. The maximum absolute atomic E-state index is 12.2. The van der Waals surface area contributed by atoms with Crippen molar-refractivity contribution in [1.82, 2.24) is 9.97 Å². The lowest BCUT2D eigenvalue weighted by Crippen LogP contribution is -2.32. The minimum atomic E-state index is -1.60. The predicted octanol–water partition coefficient (Wildman–Crippen LogP) is 0.288. The second-order valence-electron chi connectivity index (χ2n) is 4.50. The number of aromatic nitrogens is 2. The van der Waals surface area contributed by atoms with E-state index in [4.69, 9.17) is 0 Å². The van der Waals surface area contributed by atoms with Crippen LogP contribution in [0.3, 0.4) is 0 Å². The number of benzene rings is 1. The molecule has 1 aromatic carbocycles. The molecule has 0 bridgehead atoms. The molecule has 0 saturated carbocycles. The number of aliphatic hydroxyl groups is 1. The second kappa shape index (κ2) is 3.04. The van der Waals surface area contributed by atoms with Crippen molar-refractivity contribution in [3.8, 4) is 0 Å². The van der Waals surface area contributed by atoms with E-state index in [9.17, 15) is 14.7 Å². The lowest BCUT2D eigenvalue weighted by atomic mass is 9.90. The highest BCUT2D eigenvalue weighted by Crippen LogP contribution is 2.47. The van der Waals surface area contributed by atoms with E-state index in [1.807, 2.05) is 0 Å². The second-order valence-corrected chi connectivity index (χ2v) is 4.50. The summed E-state index contributed by atoms with van der Waals surface area (Å²) in [6.07, 6.45) is 1.26. The van der Waals surface area contributed by atoms with Crippen LogP contribution in [0.15, 0.2) is 40.2 Å². The molecule has 1 aliphatic carbocycles. The molecule has 6 nitrogen and oxygen atoms in total. The summed E-state index contributed by atoms with van der Waals surface area (Å²) >= 11 is 0. The maximum atomic E-state index is 12.2. The van der Waals surface area contributed by atoms with E-state index in [1.165, 1.54) is 6.20 Å². The number of nitrogens with one attached hydrogen (secondary N) is 1. The fourth-order valence-electron chi connectivity index (χ4n) is 2.67. The van der Waals surface area contributed by atoms with Gasteiger partial charge in [0, 0.05) is 17.3 Å². The first-order chi connectivity index (χ1) is 9.12. The molecule has 1 atom stereocenters. The van der Waals surface area contributed by atoms with Crippen molar-refractivity contribution in [2.24, 2.45) is 4.99 Å². The smallest absolute Gasteiger partial charge is 0.346 e. The molecule has 0 fully saturated rings. The van der Waals surface area contributed by atoms with E-state index < -0.39 is 11.3 Å². The fraction of sp³-hybridized carbons (Fsp3) is 0.0769. The third-order valence-corrected chi connectivity index (χ3v) is 3.52. The number of rotatable bonds is 0. The van der Waals surface area contributed by atoms with Gasteiger partial charge < -0.3 is 5.11 Å². The number of nitrogens with zero attached hydrogens (tertiary/aromatic N) is 2. The number of ketones is 1. The first-order valence-electron chi connectivity index (χ1n) is 5.68. The normalized spacial score (nSPS) is 22.8. The van der Waals surface area contributed by atoms with Gasteiger partial charge in [0.25, 0.3) is 0 Å². The Morgan fingerprint density at radius 2 is 1.95 bits per heavy atom. The number of Topliss-reactive ketones (excluding diaryl/α,β-unsaturated/α-hetero) is 1. The van der Waals surface area contributed by atoms with Crippen molar-refractivity contribution < 1.29 is 9.90 Å². The molecule has 4 rings (SSSR count). The Bertz CT molecular complexity index is 837. The van der Waals surface area contributed by atoms with Crippen molar-refractivity contribution in [3.05, 3.63) is 57.6 Å². The average Bonchev–Trinajstić information content (AvgIpc) is 2.81. The third-order valence-electron chi connectivity index (χ3n) is 3.52. The number of hydrogen-bond donors (Lipinski definition) is 2. The molecule has 1 aliphatic heterocycles. The molecule has 6 heteroatoms. The zero-order chi connectivity index (χ0) is 13.2. The topological polar surface area (TPSA) is 95.4 Å². The van der Waals surface area contributed by atoms with E-state index in [1.54, 1.807) is 24.3 Å². The van der Waals surface area contributed by atoms with Crippen LogP contribution in [0.1, 0.15) is 21.5 Å². The molecule has 2 aromatic rings. The monoisotopic (exact) mass is 253 g/mol. The van der Waals surface area contributed by atoms with Gasteiger partial charge in [0.15, 0.2) is 5.60 Å². The van der Waals surface area contributed by atoms with Crippen LogP contribution in [-0.4, -0.2) is 26.6 Å². The standard InChI is InChI=1S/C13H7N3O3/c17-9-6-3-1-2-4-7(6)13(19)8-5-14-12(18)16-11(8)15-10(9)13/h1-5,19H,(H,14,16,18)/t13-/m0/s1. The van der Waals surface area contributed by atoms with Gasteiger partial charge in [-0.05, 0) is 0 Å². The molecular formula is C13H7N3O3. The van der Waals surface area contributed by atoms with Gasteiger partial charge in [0.05, 0.1) is 5.56 Å². The molecule has 92 valence electrons. The zero-order valence-electron chi connectivity index (χ0n) is 9.54. The summed E-state index contributed by atoms with van der Waals surface area (Å²) in [4.78, 5) is 33.5. The molecule has 0 amide bonds. The van der Waals surface area contributed by atoms with Crippen molar-refractivity contribution in [1.29, 1.82) is 0 Å². The van der Waals surface area contributed by atoms with E-state index in [2.05, 4.69) is 15.0 Å². The van der Waals surface area contributed by atoms with Crippen LogP contribution >= 0.6 is 0 Å². The Labute approximate surface area is 106 Å². The minimum absolute atomic E-state index is 0.0207. The van der Waals surface area contributed by atoms with Crippen molar-refractivity contribution in [3.63, 3.8) is 0 Å². The number of hydrogen-bond acceptors (Lipinski definition) is 5. The summed E-state index contributed by atoms with van der Waals surface area (Å²) in [5.74, 6) is -0.129. The highest BCUT2D eigenvalue weighted by atomic mass is 16.3. The molecule has 0 spiro atoms. The van der Waals surface area contributed by atoms with E-state index >= 15 is 0 Å². The molecular weight excluding hydrogens is 246 g/mol. The van der Waals surface area contributed by atoms with Crippen LogP contribution in [-0.2, 0) is 5.60 Å². The van der Waals surface area contributed by atoms with Crippen LogP contribution in [0, 0.1) is 0 Å². The summed E-state index contributed by atoms with van der Waals surface area (Å²) in [6, 6.07) is 6.79. The van der Waals surface area contributed by atoms with Crippen molar-refractivity contribution >= 4 is 17.3 Å². The minimum Gasteiger partial charge on any atom is -0.374 e. The fourth-order valence-corrected chi connectivity index (χ4v) is 2.67. The molecule has 19 heavy (non-hydrogen) atoms. The first-order valence-corrected chi connectivity index (χ1v) is 5.68. The third kappa shape index (κ3) is 1.05. The molecule has 2 N–H and O–H groups in total. The largest absolute Gasteiger partial charge is 0.374 e. The van der Waals surface area contributed by atoms with E-state index in [-0.39, 0.29) is 17.3 Å². The lowest BCUT2D eigenvalue weighted by molar-refractivity contribution is 0.105. The highest BCUT2D eigenvalue weighted by molar-refractivity contribution is 6.53. The summed E-state index contributed by atoms with van der Waals surface area (Å²) in [5.41, 5.74) is -0.896. The van der Waals surface area contributed by atoms with Gasteiger partial charge in [0.2, 0.25) is 5.78 Å². The van der Waals surface area contributed by atoms with E-state index in [0.717, 1.165) is 0 Å². The Morgan fingerprint density at radius 3 is 2.79 bits per heavy atom. The summed E-state index contributed by atoms with van der Waals surface area (Å²) in [7, 11) is 0. The van der Waals surface area contributed by atoms with E-state index in [0.29, 0.717) is 16.7 Å². The number of carbonyl (C=O) groups excluding carboxylic acids is 1. The van der Waals surface area contributed by atoms with Crippen LogP contribution in [0.2, 0.25) is 0 Å². The summed E-state index contributed by atoms with van der Waals surface area (Å²) in [5, 5.41) is 10.9. The molecule has 0 saturated heterocycles. The van der Waals surface area contributed by atoms with Crippen molar-refractivity contribution in [2.45, 2.75) is 5.60 Å². The van der Waals surface area contributed by atoms with Gasteiger partial charge in [-0.1, -0.05) is 24.3 Å². The zero-order valence-corrected chi connectivity index (χ0v) is 9.54. The average molecular weight is 253 g/mol. The molecule has 1 aromatic heterocycles. The number of carbonyl (C=O) groups is 1. The van der Waals surface area contributed by atoms with Gasteiger partial charge in [0.1, 0.15) is 11.5 Å². The van der Waals surface area contributed by atoms with Gasteiger partial charge >= 0.3 is 5.69 Å². The first kappa shape index (κ1) is 10.3. The Hall–Kier alpha value is -2.60. The summed E-state index contributed by atoms with van der Waals surface area (Å²) in [6.45, 7) is 0. The Kier molecular flexibility index (Phi) is 1.65. The van der Waals surface area contributed by atoms with Crippen LogP contribution in [0.4, 0.5) is 5.82 Å². The SMILES string of the molecule is O=C1C2=Nc3[nH]c(=O)ncc3[C@@]2(O)c2ccccc21. The number of H-pyrrole nitrogens is 1. The Morgan fingerprint density at radius 1 is 1.16 bits per heavy atom. The molecule has 0 unspecified atom stereocenters.